The van der Waals surface area contributed by atoms with Crippen LogP contribution in [0.4, 0.5) is 0 Å². The van der Waals surface area contributed by atoms with Crippen molar-refractivity contribution in [3.63, 3.8) is 0 Å². The lowest BCUT2D eigenvalue weighted by Gasteiger charge is -2.19. The Morgan fingerprint density at radius 1 is 1.27 bits per heavy atom. The highest BCUT2D eigenvalue weighted by molar-refractivity contribution is 5.91. The van der Waals surface area contributed by atoms with Crippen LogP contribution in [0.1, 0.15) is 49.7 Å². The lowest BCUT2D eigenvalue weighted by molar-refractivity contribution is 0.0899. The minimum atomic E-state index is -0.262. The highest BCUT2D eigenvalue weighted by atomic mass is 16.5. The highest BCUT2D eigenvalue weighted by Gasteiger charge is 2.16. The molecule has 142 valence electrons. The van der Waals surface area contributed by atoms with Crippen molar-refractivity contribution in [2.75, 3.05) is 19.6 Å². The van der Waals surface area contributed by atoms with Crippen LogP contribution in [0.25, 0.3) is 0 Å². The number of nitrogens with one attached hydrogen (secondary N) is 1. The van der Waals surface area contributed by atoms with E-state index in [1.807, 2.05) is 37.3 Å². The van der Waals surface area contributed by atoms with E-state index in [2.05, 4.69) is 29.2 Å². The van der Waals surface area contributed by atoms with Crippen LogP contribution in [0.15, 0.2) is 40.9 Å². The third-order valence-electron chi connectivity index (χ3n) is 4.33. The van der Waals surface area contributed by atoms with Crippen molar-refractivity contribution in [1.82, 2.24) is 15.4 Å². The van der Waals surface area contributed by atoms with Crippen molar-refractivity contribution in [3.8, 4) is 5.88 Å². The SMILES string of the molecule is CCN(CC)CCCC(C)NC(=O)c1cc(OCc2ccccc2)no1. The van der Waals surface area contributed by atoms with Crippen LogP contribution in [0.3, 0.4) is 0 Å². The standard InChI is InChI=1S/C20H29N3O3/c1-4-23(5-2)13-9-10-16(3)21-20(24)18-14-19(22-26-18)25-15-17-11-7-6-8-12-17/h6-8,11-12,14,16H,4-5,9-10,13,15H2,1-3H3,(H,21,24). The van der Waals surface area contributed by atoms with Crippen molar-refractivity contribution in [2.45, 2.75) is 46.3 Å². The molecule has 0 fully saturated rings. The average Bonchev–Trinajstić information content (AvgIpc) is 3.14. The average molecular weight is 359 g/mol. The second-order valence-electron chi connectivity index (χ2n) is 6.35. The predicted octanol–water partition coefficient (Wildman–Crippen LogP) is 3.49. The van der Waals surface area contributed by atoms with E-state index in [4.69, 9.17) is 9.26 Å². The normalized spacial score (nSPS) is 12.2. The van der Waals surface area contributed by atoms with Crippen LogP contribution in [-0.4, -0.2) is 41.6 Å². The Morgan fingerprint density at radius 2 is 2.00 bits per heavy atom. The van der Waals surface area contributed by atoms with Gasteiger partial charge in [-0.05, 0) is 50.1 Å². The second kappa shape index (κ2) is 10.6. The van der Waals surface area contributed by atoms with Gasteiger partial charge in [0.2, 0.25) is 5.76 Å². The number of carbonyl (C=O) groups is 1. The molecule has 26 heavy (non-hydrogen) atoms. The van der Waals surface area contributed by atoms with Gasteiger partial charge >= 0.3 is 0 Å². The summed E-state index contributed by atoms with van der Waals surface area (Å²) in [6.45, 7) is 9.88. The number of nitrogens with zero attached hydrogens (tertiary/aromatic N) is 2. The number of benzene rings is 1. The summed E-state index contributed by atoms with van der Waals surface area (Å²) >= 11 is 0. The van der Waals surface area contributed by atoms with Crippen LogP contribution in [0.5, 0.6) is 5.88 Å². The number of ether oxygens (including phenoxy) is 1. The third-order valence-corrected chi connectivity index (χ3v) is 4.33. The van der Waals surface area contributed by atoms with E-state index in [0.717, 1.165) is 38.0 Å². The zero-order chi connectivity index (χ0) is 18.8. The van der Waals surface area contributed by atoms with Gasteiger partial charge in [0.25, 0.3) is 11.8 Å². The van der Waals surface area contributed by atoms with E-state index in [1.54, 1.807) is 0 Å². The minimum Gasteiger partial charge on any atom is -0.471 e. The molecule has 0 saturated heterocycles. The molecule has 0 spiro atoms. The smallest absolute Gasteiger partial charge is 0.290 e. The number of hydrogen-bond acceptors (Lipinski definition) is 5. The summed E-state index contributed by atoms with van der Waals surface area (Å²) < 4.78 is 10.7. The molecule has 0 aliphatic rings. The molecule has 6 heteroatoms. The molecule has 1 aromatic carbocycles. The van der Waals surface area contributed by atoms with Crippen LogP contribution in [0.2, 0.25) is 0 Å². The minimum absolute atomic E-state index is 0.0804. The molecular formula is C20H29N3O3. The quantitative estimate of drug-likeness (QED) is 0.665. The molecule has 1 heterocycles. The van der Waals surface area contributed by atoms with Crippen molar-refractivity contribution in [1.29, 1.82) is 0 Å². The Hall–Kier alpha value is -2.34. The van der Waals surface area contributed by atoms with Gasteiger partial charge < -0.3 is 19.5 Å². The number of aromatic nitrogens is 1. The largest absolute Gasteiger partial charge is 0.471 e. The molecule has 0 radical (unpaired) electrons. The van der Waals surface area contributed by atoms with Gasteiger partial charge in [-0.3, -0.25) is 4.79 Å². The summed E-state index contributed by atoms with van der Waals surface area (Å²) in [5.41, 5.74) is 1.03. The van der Waals surface area contributed by atoms with Crippen molar-refractivity contribution in [2.24, 2.45) is 0 Å². The van der Waals surface area contributed by atoms with Gasteiger partial charge in [0, 0.05) is 6.04 Å². The monoisotopic (exact) mass is 359 g/mol. The lowest BCUT2D eigenvalue weighted by atomic mass is 10.1. The number of amides is 1. The zero-order valence-electron chi connectivity index (χ0n) is 15.9. The van der Waals surface area contributed by atoms with E-state index in [0.29, 0.717) is 12.5 Å². The maximum atomic E-state index is 12.2. The van der Waals surface area contributed by atoms with Crippen LogP contribution >= 0.6 is 0 Å². The molecular weight excluding hydrogens is 330 g/mol. The fraction of sp³-hybridized carbons (Fsp3) is 0.500. The summed E-state index contributed by atoms with van der Waals surface area (Å²) in [5, 5.41) is 6.75. The summed E-state index contributed by atoms with van der Waals surface area (Å²) in [6, 6.07) is 11.4. The van der Waals surface area contributed by atoms with E-state index in [1.165, 1.54) is 6.07 Å². The summed E-state index contributed by atoms with van der Waals surface area (Å²) in [7, 11) is 0. The van der Waals surface area contributed by atoms with E-state index >= 15 is 0 Å². The van der Waals surface area contributed by atoms with Gasteiger partial charge in [-0.1, -0.05) is 44.2 Å². The van der Waals surface area contributed by atoms with Crippen molar-refractivity contribution < 1.29 is 14.1 Å². The highest BCUT2D eigenvalue weighted by Crippen LogP contribution is 2.14. The first-order chi connectivity index (χ1) is 12.6. The number of rotatable bonds is 11. The van der Waals surface area contributed by atoms with E-state index in [-0.39, 0.29) is 17.7 Å². The van der Waals surface area contributed by atoms with Crippen molar-refractivity contribution >= 4 is 5.91 Å². The van der Waals surface area contributed by atoms with Crippen LogP contribution < -0.4 is 10.1 Å². The second-order valence-corrected chi connectivity index (χ2v) is 6.35. The van der Waals surface area contributed by atoms with E-state index in [9.17, 15) is 4.79 Å². The molecule has 1 unspecified atom stereocenters. The van der Waals surface area contributed by atoms with Crippen molar-refractivity contribution in [3.05, 3.63) is 47.7 Å². The third kappa shape index (κ3) is 6.52. The molecule has 1 aromatic heterocycles. The van der Waals surface area contributed by atoms with E-state index < -0.39 is 0 Å². The number of carbonyl (C=O) groups excluding carboxylic acids is 1. The first-order valence-corrected chi connectivity index (χ1v) is 9.29. The summed E-state index contributed by atoms with van der Waals surface area (Å²) in [6.07, 6.45) is 1.97. The molecule has 1 N–H and O–H groups in total. The zero-order valence-corrected chi connectivity index (χ0v) is 15.9. The maximum absolute atomic E-state index is 12.2. The Kier molecular flexibility index (Phi) is 8.15. The molecule has 0 bridgehead atoms. The summed E-state index contributed by atoms with van der Waals surface area (Å²) in [5.74, 6) is 0.222. The van der Waals surface area contributed by atoms with Crippen LogP contribution in [-0.2, 0) is 6.61 Å². The first kappa shape index (κ1) is 20.0. The van der Waals surface area contributed by atoms with Gasteiger partial charge in [0.15, 0.2) is 0 Å². The molecule has 0 aliphatic carbocycles. The first-order valence-electron chi connectivity index (χ1n) is 9.29. The molecule has 1 atom stereocenters. The van der Waals surface area contributed by atoms with Gasteiger partial charge in [0.1, 0.15) is 6.61 Å². The van der Waals surface area contributed by atoms with Gasteiger partial charge in [-0.15, -0.1) is 0 Å². The Labute approximate surface area is 155 Å². The lowest BCUT2D eigenvalue weighted by Crippen LogP contribution is -2.33. The maximum Gasteiger partial charge on any atom is 0.290 e. The van der Waals surface area contributed by atoms with Gasteiger partial charge in [-0.2, -0.15) is 0 Å². The fourth-order valence-corrected chi connectivity index (χ4v) is 2.69. The van der Waals surface area contributed by atoms with Gasteiger partial charge in [0.05, 0.1) is 6.07 Å². The predicted molar refractivity (Wildman–Crippen MR) is 101 cm³/mol. The molecule has 6 nitrogen and oxygen atoms in total. The Morgan fingerprint density at radius 3 is 2.69 bits per heavy atom. The molecule has 0 aliphatic heterocycles. The molecule has 1 amide bonds. The number of hydrogen-bond donors (Lipinski definition) is 1. The molecule has 0 saturated carbocycles. The van der Waals surface area contributed by atoms with Gasteiger partial charge in [-0.25, -0.2) is 0 Å². The fourth-order valence-electron chi connectivity index (χ4n) is 2.69. The Balaban J connectivity index is 1.74. The Bertz CT molecular complexity index is 653. The molecule has 2 rings (SSSR count). The topological polar surface area (TPSA) is 67.6 Å². The van der Waals surface area contributed by atoms with Crippen LogP contribution in [0, 0.1) is 0 Å². The molecule has 2 aromatic rings. The summed E-state index contributed by atoms with van der Waals surface area (Å²) in [4.78, 5) is 14.6.